The number of rotatable bonds is 3. The molecule has 1 N–H and O–H groups in total. The first-order valence-electron chi connectivity index (χ1n) is 8.93. The zero-order valence-electron chi connectivity index (χ0n) is 14.8. The van der Waals surface area contributed by atoms with Crippen LogP contribution >= 0.6 is 0 Å². The fourth-order valence-corrected chi connectivity index (χ4v) is 3.22. The highest BCUT2D eigenvalue weighted by molar-refractivity contribution is 5.96. The van der Waals surface area contributed by atoms with Gasteiger partial charge in [-0.1, -0.05) is 30.3 Å². The van der Waals surface area contributed by atoms with Gasteiger partial charge in [0.25, 0.3) is 11.8 Å². The van der Waals surface area contributed by atoms with Gasteiger partial charge in [0.1, 0.15) is 13.2 Å². The van der Waals surface area contributed by atoms with E-state index in [0.717, 1.165) is 31.5 Å². The number of fused-ring (bicyclic) bond motifs is 1. The number of hydrogen-bond acceptors (Lipinski definition) is 6. The second-order valence-electron chi connectivity index (χ2n) is 6.64. The maximum absolute atomic E-state index is 12.9. The van der Waals surface area contributed by atoms with E-state index in [1.54, 1.807) is 0 Å². The Morgan fingerprint density at radius 2 is 1.85 bits per heavy atom. The van der Waals surface area contributed by atoms with Crippen molar-refractivity contribution in [3.63, 3.8) is 0 Å². The van der Waals surface area contributed by atoms with Crippen molar-refractivity contribution in [1.82, 2.24) is 20.2 Å². The molecular formula is C19H22N4O3. The first-order valence-corrected chi connectivity index (χ1v) is 8.93. The van der Waals surface area contributed by atoms with Crippen molar-refractivity contribution in [3.05, 3.63) is 36.0 Å². The van der Waals surface area contributed by atoms with Gasteiger partial charge in [-0.25, -0.2) is 4.98 Å². The number of hydrogen-bond donors (Lipinski definition) is 1. The average Bonchev–Trinajstić information content (AvgIpc) is 2.69. The van der Waals surface area contributed by atoms with Crippen LogP contribution in [0.3, 0.4) is 0 Å². The molecule has 4 rings (SSSR count). The molecule has 7 nitrogen and oxygen atoms in total. The fraction of sp³-hybridized carbons (Fsp3) is 0.421. The lowest BCUT2D eigenvalue weighted by Gasteiger charge is -2.29. The van der Waals surface area contributed by atoms with E-state index in [4.69, 9.17) is 9.47 Å². The molecule has 0 radical (unpaired) electrons. The van der Waals surface area contributed by atoms with E-state index in [9.17, 15) is 4.79 Å². The molecule has 0 saturated carbocycles. The zero-order chi connectivity index (χ0) is 17.9. The highest BCUT2D eigenvalue weighted by Crippen LogP contribution is 2.33. The Kier molecular flexibility index (Phi) is 4.71. The largest absolute Gasteiger partial charge is 0.483 e. The molecule has 0 atom stereocenters. The van der Waals surface area contributed by atoms with Crippen molar-refractivity contribution >= 4 is 5.91 Å². The highest BCUT2D eigenvalue weighted by atomic mass is 16.6. The molecule has 0 spiro atoms. The average molecular weight is 354 g/mol. The van der Waals surface area contributed by atoms with Gasteiger partial charge in [0.15, 0.2) is 11.5 Å². The predicted molar refractivity (Wildman–Crippen MR) is 96.4 cm³/mol. The lowest BCUT2D eigenvalue weighted by molar-refractivity contribution is 0.0898. The number of amides is 1. The van der Waals surface area contributed by atoms with Crippen molar-refractivity contribution in [3.8, 4) is 23.0 Å². The van der Waals surface area contributed by atoms with Crippen LogP contribution in [0.1, 0.15) is 23.3 Å². The normalized spacial score (nSPS) is 17.7. The van der Waals surface area contributed by atoms with Crippen LogP contribution in [0.4, 0.5) is 0 Å². The van der Waals surface area contributed by atoms with Crippen LogP contribution in [0, 0.1) is 0 Å². The third kappa shape index (κ3) is 3.48. The number of nitrogens with zero attached hydrogens (tertiary/aromatic N) is 3. The molecule has 1 amide bonds. The van der Waals surface area contributed by atoms with Crippen LogP contribution in [-0.2, 0) is 0 Å². The summed E-state index contributed by atoms with van der Waals surface area (Å²) in [4.78, 5) is 24.1. The van der Waals surface area contributed by atoms with E-state index in [2.05, 4.69) is 27.2 Å². The van der Waals surface area contributed by atoms with Crippen molar-refractivity contribution in [1.29, 1.82) is 0 Å². The van der Waals surface area contributed by atoms with Crippen LogP contribution < -0.4 is 14.8 Å². The highest BCUT2D eigenvalue weighted by Gasteiger charge is 2.28. The Morgan fingerprint density at radius 3 is 2.62 bits per heavy atom. The van der Waals surface area contributed by atoms with Gasteiger partial charge in [0, 0.05) is 11.6 Å². The minimum atomic E-state index is -0.235. The van der Waals surface area contributed by atoms with Gasteiger partial charge < -0.3 is 19.7 Å². The van der Waals surface area contributed by atoms with Gasteiger partial charge in [-0.15, -0.1) is 0 Å². The molecule has 2 aromatic rings. The summed E-state index contributed by atoms with van der Waals surface area (Å²) in [6, 6.07) is 9.71. The van der Waals surface area contributed by atoms with E-state index >= 15 is 0 Å². The van der Waals surface area contributed by atoms with Crippen LogP contribution in [0.5, 0.6) is 11.6 Å². The van der Waals surface area contributed by atoms with Crippen LogP contribution in [0.15, 0.2) is 30.3 Å². The SMILES string of the molecule is CN1CCC(NC(=O)c2nc(-c3ccccc3)nc3c2OCCO3)CC1. The Hall–Kier alpha value is -2.67. The first-order chi connectivity index (χ1) is 12.7. The Balaban J connectivity index is 1.64. The number of piperidine rings is 1. The summed E-state index contributed by atoms with van der Waals surface area (Å²) in [5.74, 6) is 0.893. The summed E-state index contributed by atoms with van der Waals surface area (Å²) in [5.41, 5.74) is 1.07. The monoisotopic (exact) mass is 354 g/mol. The molecule has 1 saturated heterocycles. The topological polar surface area (TPSA) is 76.6 Å². The van der Waals surface area contributed by atoms with Gasteiger partial charge >= 0.3 is 0 Å². The molecule has 1 aromatic carbocycles. The van der Waals surface area contributed by atoms with E-state index in [0.29, 0.717) is 30.7 Å². The molecule has 3 heterocycles. The number of benzene rings is 1. The second kappa shape index (κ2) is 7.29. The van der Waals surface area contributed by atoms with Crippen LogP contribution in [-0.4, -0.2) is 60.2 Å². The van der Waals surface area contributed by atoms with E-state index in [-0.39, 0.29) is 17.6 Å². The summed E-state index contributed by atoms with van der Waals surface area (Å²) in [6.07, 6.45) is 1.86. The molecule has 2 aliphatic heterocycles. The van der Waals surface area contributed by atoms with Crippen LogP contribution in [0.25, 0.3) is 11.4 Å². The van der Waals surface area contributed by atoms with Gasteiger partial charge in [0.2, 0.25) is 5.75 Å². The van der Waals surface area contributed by atoms with Crippen molar-refractivity contribution in [2.45, 2.75) is 18.9 Å². The minimum absolute atomic E-state index is 0.147. The lowest BCUT2D eigenvalue weighted by atomic mass is 10.1. The number of nitrogens with one attached hydrogen (secondary N) is 1. The summed E-state index contributed by atoms with van der Waals surface area (Å²) in [5, 5.41) is 3.09. The number of likely N-dealkylation sites (tertiary alicyclic amines) is 1. The zero-order valence-corrected chi connectivity index (χ0v) is 14.8. The molecule has 1 fully saturated rings. The minimum Gasteiger partial charge on any atom is -0.483 e. The second-order valence-corrected chi connectivity index (χ2v) is 6.64. The number of carbonyl (C=O) groups is 1. The number of carbonyl (C=O) groups excluding carboxylic acids is 1. The summed E-state index contributed by atoms with van der Waals surface area (Å²) >= 11 is 0. The quantitative estimate of drug-likeness (QED) is 0.905. The van der Waals surface area contributed by atoms with Gasteiger partial charge in [-0.3, -0.25) is 4.79 Å². The summed E-state index contributed by atoms with van der Waals surface area (Å²) in [7, 11) is 2.09. The smallest absolute Gasteiger partial charge is 0.274 e. The summed E-state index contributed by atoms with van der Waals surface area (Å²) < 4.78 is 11.3. The van der Waals surface area contributed by atoms with Gasteiger partial charge in [-0.05, 0) is 33.0 Å². The predicted octanol–water partition coefficient (Wildman–Crippen LogP) is 1.74. The van der Waals surface area contributed by atoms with Crippen molar-refractivity contribution < 1.29 is 14.3 Å². The Bertz CT molecular complexity index is 789. The molecule has 7 heteroatoms. The van der Waals surface area contributed by atoms with Crippen LogP contribution in [0.2, 0.25) is 0 Å². The molecule has 0 unspecified atom stereocenters. The van der Waals surface area contributed by atoms with Gasteiger partial charge in [-0.2, -0.15) is 4.98 Å². The molecule has 1 aromatic heterocycles. The molecule has 2 aliphatic rings. The van der Waals surface area contributed by atoms with E-state index in [1.165, 1.54) is 0 Å². The maximum atomic E-state index is 12.9. The molecule has 0 aliphatic carbocycles. The van der Waals surface area contributed by atoms with E-state index in [1.807, 2.05) is 30.3 Å². The fourth-order valence-electron chi connectivity index (χ4n) is 3.22. The standard InChI is InChI=1S/C19H22N4O3/c1-23-9-7-14(8-10-23)20-18(24)15-16-19(26-12-11-25-16)22-17(21-15)13-5-3-2-4-6-13/h2-6,14H,7-12H2,1H3,(H,20,24). The van der Waals surface area contributed by atoms with Gasteiger partial charge in [0.05, 0.1) is 0 Å². The van der Waals surface area contributed by atoms with Crippen molar-refractivity contribution in [2.75, 3.05) is 33.4 Å². The number of aromatic nitrogens is 2. The molecule has 0 bridgehead atoms. The summed E-state index contributed by atoms with van der Waals surface area (Å²) in [6.45, 7) is 2.74. The number of ether oxygens (including phenoxy) is 2. The lowest BCUT2D eigenvalue weighted by Crippen LogP contribution is -2.43. The van der Waals surface area contributed by atoms with E-state index < -0.39 is 0 Å². The molecule has 26 heavy (non-hydrogen) atoms. The molecule has 136 valence electrons. The Labute approximate surface area is 152 Å². The third-order valence-electron chi connectivity index (χ3n) is 4.70. The maximum Gasteiger partial charge on any atom is 0.274 e. The third-order valence-corrected chi connectivity index (χ3v) is 4.70. The Morgan fingerprint density at radius 1 is 1.12 bits per heavy atom. The molecular weight excluding hydrogens is 332 g/mol. The first kappa shape index (κ1) is 16.8. The van der Waals surface area contributed by atoms with Crippen molar-refractivity contribution in [2.24, 2.45) is 0 Å².